The van der Waals surface area contributed by atoms with E-state index < -0.39 is 20.5 Å². The highest BCUT2D eigenvalue weighted by molar-refractivity contribution is 7.91. The van der Waals surface area contributed by atoms with Gasteiger partial charge in [0.1, 0.15) is 0 Å². The highest BCUT2D eigenvalue weighted by Crippen LogP contribution is 2.19. The van der Waals surface area contributed by atoms with Gasteiger partial charge in [-0.1, -0.05) is 13.8 Å². The van der Waals surface area contributed by atoms with E-state index in [2.05, 4.69) is 24.1 Å². The minimum atomic E-state index is -4.66. The van der Waals surface area contributed by atoms with E-state index in [1.54, 1.807) is 0 Å². The van der Waals surface area contributed by atoms with E-state index in [9.17, 15) is 22.0 Å². The molecule has 1 aromatic rings. The van der Waals surface area contributed by atoms with Gasteiger partial charge >= 0.3 is 5.76 Å². The predicted molar refractivity (Wildman–Crippen MR) is 97.6 cm³/mol. The molecule has 152 valence electrons. The molecular weight excluding hydrogens is 378 g/mol. The third-order valence-corrected chi connectivity index (χ3v) is 5.88. The second kappa shape index (κ2) is 9.57. The lowest BCUT2D eigenvalue weighted by Gasteiger charge is -2.35. The largest absolute Gasteiger partial charge is 0.379 e. The number of alkyl halides is 2. The fourth-order valence-corrected chi connectivity index (χ4v) is 3.78. The van der Waals surface area contributed by atoms with Gasteiger partial charge in [-0.2, -0.15) is 8.78 Å². The summed E-state index contributed by atoms with van der Waals surface area (Å²) in [6, 6.07) is 4.73. The molecule has 2 rings (SSSR count). The van der Waals surface area contributed by atoms with Crippen LogP contribution in [-0.4, -0.2) is 63.9 Å². The zero-order chi connectivity index (χ0) is 20.0. The number of morpholine rings is 1. The monoisotopic (exact) mass is 404 g/mol. The normalized spacial score (nSPS) is 17.3. The molecule has 0 spiro atoms. The molecule has 6 nitrogen and oxygen atoms in total. The Labute approximate surface area is 158 Å². The van der Waals surface area contributed by atoms with Crippen molar-refractivity contribution in [2.24, 2.45) is 5.92 Å². The molecule has 1 unspecified atom stereocenters. The maximum atomic E-state index is 12.6. The van der Waals surface area contributed by atoms with Crippen LogP contribution in [0.2, 0.25) is 0 Å². The number of amides is 1. The molecule has 1 aliphatic rings. The lowest BCUT2D eigenvalue weighted by atomic mass is 10.0. The van der Waals surface area contributed by atoms with E-state index in [1.165, 1.54) is 12.1 Å². The fraction of sp³-hybridized carbons (Fsp3) is 0.611. The van der Waals surface area contributed by atoms with Crippen molar-refractivity contribution in [1.82, 2.24) is 10.2 Å². The number of benzene rings is 1. The number of hydrogen-bond acceptors (Lipinski definition) is 5. The van der Waals surface area contributed by atoms with Gasteiger partial charge in [-0.3, -0.25) is 9.69 Å². The maximum Gasteiger partial charge on any atom is 0.341 e. The molecule has 1 aliphatic heterocycles. The van der Waals surface area contributed by atoms with Crippen molar-refractivity contribution >= 4 is 15.7 Å². The second-order valence-corrected chi connectivity index (χ2v) is 8.89. The Morgan fingerprint density at radius 2 is 1.78 bits per heavy atom. The number of nitrogens with zero attached hydrogens (tertiary/aromatic N) is 1. The van der Waals surface area contributed by atoms with Crippen molar-refractivity contribution in [2.75, 3.05) is 32.8 Å². The van der Waals surface area contributed by atoms with Gasteiger partial charge in [0.15, 0.2) is 0 Å². The highest BCUT2D eigenvalue weighted by Gasteiger charge is 2.27. The molecule has 0 bridgehead atoms. The number of hydrogen-bond donors (Lipinski definition) is 1. The van der Waals surface area contributed by atoms with Crippen molar-refractivity contribution in [1.29, 1.82) is 0 Å². The van der Waals surface area contributed by atoms with Crippen molar-refractivity contribution in [3.8, 4) is 0 Å². The molecule has 0 aromatic heterocycles. The Kier molecular flexibility index (Phi) is 7.69. The molecule has 1 saturated heterocycles. The predicted octanol–water partition coefficient (Wildman–Crippen LogP) is 2.16. The number of rotatable bonds is 8. The highest BCUT2D eigenvalue weighted by atomic mass is 32.2. The Morgan fingerprint density at radius 3 is 2.30 bits per heavy atom. The van der Waals surface area contributed by atoms with E-state index in [-0.39, 0.29) is 17.5 Å². The summed E-state index contributed by atoms with van der Waals surface area (Å²) < 4.78 is 53.4. The van der Waals surface area contributed by atoms with Crippen LogP contribution < -0.4 is 5.32 Å². The van der Waals surface area contributed by atoms with Crippen LogP contribution in [-0.2, 0) is 14.6 Å². The third kappa shape index (κ3) is 5.95. The first-order chi connectivity index (χ1) is 12.7. The first-order valence-corrected chi connectivity index (χ1v) is 10.5. The van der Waals surface area contributed by atoms with E-state index in [4.69, 9.17) is 4.74 Å². The second-order valence-electron chi connectivity index (χ2n) is 6.97. The van der Waals surface area contributed by atoms with Gasteiger partial charge in [0, 0.05) is 31.2 Å². The lowest BCUT2D eigenvalue weighted by molar-refractivity contribution is 0.0124. The average molecular weight is 404 g/mol. The zero-order valence-corrected chi connectivity index (χ0v) is 16.3. The van der Waals surface area contributed by atoms with E-state index >= 15 is 0 Å². The summed E-state index contributed by atoms with van der Waals surface area (Å²) in [5.74, 6) is -3.38. The quantitative estimate of drug-likeness (QED) is 0.719. The standard InChI is InChI=1S/C18H26F2N2O4S/c1-13(2)11-15(22-7-9-26-10-8-22)12-21-17(23)14-3-5-16(6-4-14)27(24,25)18(19)20/h3-6,13,15,18H,7-12H2,1-2H3,(H,21,23). The van der Waals surface area contributed by atoms with Crippen molar-refractivity contribution < 1.29 is 26.7 Å². The maximum absolute atomic E-state index is 12.6. The topological polar surface area (TPSA) is 75.7 Å². The van der Waals surface area contributed by atoms with Gasteiger partial charge < -0.3 is 10.1 Å². The molecule has 27 heavy (non-hydrogen) atoms. The smallest absolute Gasteiger partial charge is 0.341 e. The summed E-state index contributed by atoms with van der Waals surface area (Å²) in [6.45, 7) is 7.66. The van der Waals surface area contributed by atoms with Gasteiger partial charge in [0.25, 0.3) is 5.91 Å². The molecule has 9 heteroatoms. The number of carbonyl (C=O) groups is 1. The number of halogens is 2. The summed E-state index contributed by atoms with van der Waals surface area (Å²) in [6.07, 6.45) is 0.922. The average Bonchev–Trinajstić information content (AvgIpc) is 2.65. The van der Waals surface area contributed by atoms with Crippen LogP contribution in [0.5, 0.6) is 0 Å². The third-order valence-electron chi connectivity index (χ3n) is 4.48. The molecule has 1 atom stereocenters. The lowest BCUT2D eigenvalue weighted by Crippen LogP contribution is -2.49. The molecule has 1 N–H and O–H groups in total. The minimum absolute atomic E-state index is 0.177. The SMILES string of the molecule is CC(C)CC(CNC(=O)c1ccc(S(=O)(=O)C(F)F)cc1)N1CCOCC1. The van der Waals surface area contributed by atoms with Crippen molar-refractivity contribution in [2.45, 2.75) is 37.0 Å². The van der Waals surface area contributed by atoms with E-state index in [1.807, 2.05) is 0 Å². The van der Waals surface area contributed by atoms with Crippen molar-refractivity contribution in [3.63, 3.8) is 0 Å². The molecule has 1 aromatic carbocycles. The molecule has 1 heterocycles. The summed E-state index contributed by atoms with van der Waals surface area (Å²) in [4.78, 5) is 14.2. The first kappa shape index (κ1) is 21.7. The Morgan fingerprint density at radius 1 is 1.19 bits per heavy atom. The molecular formula is C18H26F2N2O4S. The first-order valence-electron chi connectivity index (χ1n) is 8.94. The molecule has 1 amide bonds. The molecule has 0 radical (unpaired) electrons. The minimum Gasteiger partial charge on any atom is -0.379 e. The van der Waals surface area contributed by atoms with E-state index in [0.717, 1.165) is 31.6 Å². The van der Waals surface area contributed by atoms with Gasteiger partial charge in [-0.05, 0) is 36.6 Å². The summed E-state index contributed by atoms with van der Waals surface area (Å²) in [7, 11) is -4.66. The Balaban J connectivity index is 2.00. The number of carbonyl (C=O) groups excluding carboxylic acids is 1. The van der Waals surface area contributed by atoms with Gasteiger partial charge in [0.05, 0.1) is 18.1 Å². The summed E-state index contributed by atoms with van der Waals surface area (Å²) in [5, 5.41) is 2.86. The fourth-order valence-electron chi connectivity index (χ4n) is 3.06. The zero-order valence-electron chi connectivity index (χ0n) is 15.5. The number of sulfone groups is 1. The number of nitrogens with one attached hydrogen (secondary N) is 1. The summed E-state index contributed by atoms with van der Waals surface area (Å²) in [5.41, 5.74) is 0.230. The Hall–Kier alpha value is -1.58. The van der Waals surface area contributed by atoms with Crippen LogP contribution in [0.1, 0.15) is 30.6 Å². The molecule has 1 fully saturated rings. The summed E-state index contributed by atoms with van der Waals surface area (Å²) >= 11 is 0. The van der Waals surface area contributed by atoms with Crippen LogP contribution in [0.25, 0.3) is 0 Å². The van der Waals surface area contributed by atoms with Crippen LogP contribution in [0.15, 0.2) is 29.2 Å². The van der Waals surface area contributed by atoms with Crippen LogP contribution in [0.3, 0.4) is 0 Å². The van der Waals surface area contributed by atoms with Crippen molar-refractivity contribution in [3.05, 3.63) is 29.8 Å². The number of ether oxygens (including phenoxy) is 1. The van der Waals surface area contributed by atoms with E-state index in [0.29, 0.717) is 25.7 Å². The van der Waals surface area contributed by atoms with Gasteiger partial charge in [-0.25, -0.2) is 8.42 Å². The van der Waals surface area contributed by atoms with Crippen LogP contribution in [0, 0.1) is 5.92 Å². The molecule has 0 saturated carbocycles. The van der Waals surface area contributed by atoms with Crippen LogP contribution in [0.4, 0.5) is 8.78 Å². The Bertz CT molecular complexity index is 717. The van der Waals surface area contributed by atoms with Crippen LogP contribution >= 0.6 is 0 Å². The van der Waals surface area contributed by atoms with Gasteiger partial charge in [-0.15, -0.1) is 0 Å². The molecule has 0 aliphatic carbocycles. The van der Waals surface area contributed by atoms with Gasteiger partial charge in [0.2, 0.25) is 9.84 Å².